The van der Waals surface area contributed by atoms with Crippen molar-refractivity contribution in [1.82, 2.24) is 4.90 Å². The third-order valence-electron chi connectivity index (χ3n) is 3.30. The van der Waals surface area contributed by atoms with Crippen LogP contribution in [0.5, 0.6) is 0 Å². The van der Waals surface area contributed by atoms with Gasteiger partial charge in [-0.2, -0.15) is 0 Å². The van der Waals surface area contributed by atoms with E-state index in [1.54, 1.807) is 18.4 Å². The van der Waals surface area contributed by atoms with Crippen molar-refractivity contribution >= 4 is 17.4 Å². The summed E-state index contributed by atoms with van der Waals surface area (Å²) in [6, 6.07) is 9.13. The predicted octanol–water partition coefficient (Wildman–Crippen LogP) is 3.95. The zero-order valence-electron chi connectivity index (χ0n) is 11.7. The highest BCUT2D eigenvalue weighted by molar-refractivity contribution is 6.33. The molecule has 4 heteroatoms. The van der Waals surface area contributed by atoms with Gasteiger partial charge >= 0.3 is 0 Å². The van der Waals surface area contributed by atoms with Gasteiger partial charge in [-0.15, -0.1) is 0 Å². The normalized spacial score (nSPS) is 11.0. The van der Waals surface area contributed by atoms with Crippen LogP contribution in [0.2, 0.25) is 5.02 Å². The summed E-state index contributed by atoms with van der Waals surface area (Å²) in [6.45, 7) is 3.41. The Morgan fingerprint density at radius 1 is 1.30 bits per heavy atom. The van der Waals surface area contributed by atoms with Gasteiger partial charge < -0.3 is 9.32 Å². The maximum atomic E-state index is 12.1. The monoisotopic (exact) mass is 291 g/mol. The molecule has 0 saturated carbocycles. The fourth-order valence-corrected chi connectivity index (χ4v) is 2.30. The molecule has 1 heterocycles. The molecule has 0 N–H and O–H groups in total. The molecule has 0 bridgehead atoms. The molecule has 0 saturated heterocycles. The number of benzene rings is 1. The predicted molar refractivity (Wildman–Crippen MR) is 80.2 cm³/mol. The lowest BCUT2D eigenvalue weighted by atomic mass is 10.1. The minimum absolute atomic E-state index is 0.0753. The van der Waals surface area contributed by atoms with Crippen molar-refractivity contribution in [2.75, 3.05) is 13.6 Å². The van der Waals surface area contributed by atoms with Crippen molar-refractivity contribution in [3.63, 3.8) is 0 Å². The molecule has 0 aliphatic rings. The summed E-state index contributed by atoms with van der Waals surface area (Å²) in [6.07, 6.45) is 2.14. The fourth-order valence-electron chi connectivity index (χ4n) is 2.06. The minimum Gasteiger partial charge on any atom is -0.469 e. The lowest BCUT2D eigenvalue weighted by Crippen LogP contribution is -2.21. The van der Waals surface area contributed by atoms with Crippen LogP contribution >= 0.6 is 11.6 Å². The first kappa shape index (κ1) is 14.8. The highest BCUT2D eigenvalue weighted by atomic mass is 35.5. The summed E-state index contributed by atoms with van der Waals surface area (Å²) >= 11 is 6.02. The van der Waals surface area contributed by atoms with Crippen LogP contribution in [0.15, 0.2) is 41.0 Å². The van der Waals surface area contributed by atoms with Gasteiger partial charge in [-0.05, 0) is 32.2 Å². The van der Waals surface area contributed by atoms with Crippen LogP contribution in [0.25, 0.3) is 0 Å². The fraction of sp³-hybridized carbons (Fsp3) is 0.312. The van der Waals surface area contributed by atoms with Crippen molar-refractivity contribution in [3.05, 3.63) is 58.5 Å². The number of nitrogens with zero attached hydrogens (tertiary/aromatic N) is 1. The van der Waals surface area contributed by atoms with Gasteiger partial charge in [0, 0.05) is 30.6 Å². The molecule has 2 rings (SSSR count). The van der Waals surface area contributed by atoms with Crippen molar-refractivity contribution in [3.8, 4) is 0 Å². The number of halogens is 1. The SMILES string of the molecule is Cc1occc1CN(C)CCC(=O)c1ccccc1Cl. The van der Waals surface area contributed by atoms with Crippen LogP contribution in [0, 0.1) is 6.92 Å². The molecule has 0 radical (unpaired) electrons. The summed E-state index contributed by atoms with van der Waals surface area (Å²) in [5, 5.41) is 0.519. The van der Waals surface area contributed by atoms with E-state index in [9.17, 15) is 4.79 Å². The van der Waals surface area contributed by atoms with Crippen LogP contribution in [-0.2, 0) is 6.54 Å². The van der Waals surface area contributed by atoms with Gasteiger partial charge in [0.1, 0.15) is 5.76 Å². The number of hydrogen-bond donors (Lipinski definition) is 0. The van der Waals surface area contributed by atoms with Gasteiger partial charge in [0.15, 0.2) is 5.78 Å². The molecule has 3 nitrogen and oxygen atoms in total. The maximum Gasteiger partial charge on any atom is 0.165 e. The Kier molecular flexibility index (Phi) is 4.99. The third-order valence-corrected chi connectivity index (χ3v) is 3.63. The van der Waals surface area contributed by atoms with Crippen molar-refractivity contribution < 1.29 is 9.21 Å². The zero-order valence-corrected chi connectivity index (χ0v) is 12.5. The Morgan fingerprint density at radius 3 is 2.70 bits per heavy atom. The number of hydrogen-bond acceptors (Lipinski definition) is 3. The van der Waals surface area contributed by atoms with Gasteiger partial charge in [-0.1, -0.05) is 23.7 Å². The second-order valence-electron chi connectivity index (χ2n) is 4.89. The second kappa shape index (κ2) is 6.73. The van der Waals surface area contributed by atoms with E-state index in [4.69, 9.17) is 16.0 Å². The average molecular weight is 292 g/mol. The average Bonchev–Trinajstić information content (AvgIpc) is 2.82. The van der Waals surface area contributed by atoms with E-state index >= 15 is 0 Å². The molecule has 106 valence electrons. The van der Waals surface area contributed by atoms with Crippen LogP contribution in [0.3, 0.4) is 0 Å². The van der Waals surface area contributed by atoms with E-state index in [1.165, 1.54) is 0 Å². The van der Waals surface area contributed by atoms with E-state index in [1.807, 2.05) is 32.2 Å². The molecule has 20 heavy (non-hydrogen) atoms. The van der Waals surface area contributed by atoms with Crippen LogP contribution in [0.4, 0.5) is 0 Å². The van der Waals surface area contributed by atoms with Crippen LogP contribution in [-0.4, -0.2) is 24.3 Å². The Labute approximate surface area is 124 Å². The van der Waals surface area contributed by atoms with Gasteiger partial charge in [-0.3, -0.25) is 4.79 Å². The third kappa shape index (κ3) is 3.71. The summed E-state index contributed by atoms with van der Waals surface area (Å²) in [4.78, 5) is 14.2. The Balaban J connectivity index is 1.87. The molecule has 0 aliphatic heterocycles. The standard InChI is InChI=1S/C16H18ClNO2/c1-12-13(8-10-20-12)11-18(2)9-7-16(19)14-5-3-4-6-15(14)17/h3-6,8,10H,7,9,11H2,1-2H3. The van der Waals surface area contributed by atoms with E-state index < -0.39 is 0 Å². The number of ketones is 1. The summed E-state index contributed by atoms with van der Waals surface area (Å²) in [7, 11) is 1.99. The molecule has 0 aliphatic carbocycles. The second-order valence-corrected chi connectivity index (χ2v) is 5.30. The van der Waals surface area contributed by atoms with Gasteiger partial charge in [0.05, 0.1) is 11.3 Å². The van der Waals surface area contributed by atoms with Crippen LogP contribution in [0.1, 0.15) is 28.1 Å². The Hall–Kier alpha value is -1.58. The van der Waals surface area contributed by atoms with Crippen molar-refractivity contribution in [2.24, 2.45) is 0 Å². The topological polar surface area (TPSA) is 33.5 Å². The summed E-state index contributed by atoms with van der Waals surface area (Å²) in [5.41, 5.74) is 1.75. The molecule has 1 aromatic heterocycles. The Morgan fingerprint density at radius 2 is 2.05 bits per heavy atom. The van der Waals surface area contributed by atoms with Gasteiger partial charge in [0.25, 0.3) is 0 Å². The lowest BCUT2D eigenvalue weighted by molar-refractivity contribution is 0.0968. The van der Waals surface area contributed by atoms with E-state index in [0.29, 0.717) is 23.6 Å². The van der Waals surface area contributed by atoms with Crippen molar-refractivity contribution in [2.45, 2.75) is 19.9 Å². The first-order valence-corrected chi connectivity index (χ1v) is 6.95. The first-order valence-electron chi connectivity index (χ1n) is 6.57. The molecule has 0 atom stereocenters. The van der Waals surface area contributed by atoms with Crippen LogP contribution < -0.4 is 0 Å². The quantitative estimate of drug-likeness (QED) is 0.756. The summed E-state index contributed by atoms with van der Waals surface area (Å²) < 4.78 is 5.26. The van der Waals surface area contributed by atoms with Gasteiger partial charge in [0.2, 0.25) is 0 Å². The highest BCUT2D eigenvalue weighted by Crippen LogP contribution is 2.17. The molecule has 2 aromatic rings. The molecule has 1 aromatic carbocycles. The van der Waals surface area contributed by atoms with E-state index in [0.717, 1.165) is 17.9 Å². The molecule has 0 amide bonds. The Bertz CT molecular complexity index is 592. The van der Waals surface area contributed by atoms with E-state index in [-0.39, 0.29) is 5.78 Å². The first-order chi connectivity index (χ1) is 9.58. The number of furan rings is 1. The van der Waals surface area contributed by atoms with Gasteiger partial charge in [-0.25, -0.2) is 0 Å². The smallest absolute Gasteiger partial charge is 0.165 e. The number of carbonyl (C=O) groups excluding carboxylic acids is 1. The summed E-state index contributed by atoms with van der Waals surface area (Å²) in [5.74, 6) is 1.00. The molecular weight excluding hydrogens is 274 g/mol. The highest BCUT2D eigenvalue weighted by Gasteiger charge is 2.11. The molecule has 0 unspecified atom stereocenters. The number of Topliss-reactive ketones (excluding diaryl/α,β-unsaturated/α-hetero) is 1. The molecule has 0 fully saturated rings. The molecule has 0 spiro atoms. The minimum atomic E-state index is 0.0753. The largest absolute Gasteiger partial charge is 0.469 e. The lowest BCUT2D eigenvalue weighted by Gasteiger charge is -2.15. The number of rotatable bonds is 6. The number of carbonyl (C=O) groups is 1. The maximum absolute atomic E-state index is 12.1. The van der Waals surface area contributed by atoms with Crippen molar-refractivity contribution in [1.29, 1.82) is 0 Å². The zero-order chi connectivity index (χ0) is 14.5. The van der Waals surface area contributed by atoms with E-state index in [2.05, 4.69) is 4.90 Å². The number of aryl methyl sites for hydroxylation is 1. The molecular formula is C16H18ClNO2.